The van der Waals surface area contributed by atoms with E-state index < -0.39 is 0 Å². The van der Waals surface area contributed by atoms with E-state index >= 15 is 0 Å². The number of fused-ring (bicyclic) bond motifs is 1. The Kier molecular flexibility index (Phi) is 6.87. The molecule has 1 N–H and O–H groups in total. The number of carbonyl (C=O) groups is 2. The number of likely N-dealkylation sites (N-methyl/N-ethyl adjacent to an activating group) is 1. The Morgan fingerprint density at radius 1 is 1.07 bits per heavy atom. The number of rotatable bonds is 8. The van der Waals surface area contributed by atoms with Gasteiger partial charge in [0.1, 0.15) is 12.4 Å². The molecular formula is C24H30N4O2. The summed E-state index contributed by atoms with van der Waals surface area (Å²) in [5.41, 5.74) is 3.82. The number of aromatic nitrogens is 2. The normalized spacial score (nSPS) is 12.0. The topological polar surface area (TPSA) is 67.2 Å². The second-order valence-corrected chi connectivity index (χ2v) is 7.50. The quantitative estimate of drug-likeness (QED) is 0.621. The largest absolute Gasteiger partial charge is 0.346 e. The van der Waals surface area contributed by atoms with Crippen LogP contribution in [-0.4, -0.2) is 39.4 Å². The van der Waals surface area contributed by atoms with Gasteiger partial charge in [-0.1, -0.05) is 36.4 Å². The molecule has 1 aromatic heterocycles. The van der Waals surface area contributed by atoms with E-state index in [9.17, 15) is 9.59 Å². The van der Waals surface area contributed by atoms with Crippen molar-refractivity contribution < 1.29 is 9.59 Å². The third-order valence-corrected chi connectivity index (χ3v) is 5.47. The van der Waals surface area contributed by atoms with Crippen LogP contribution in [0.1, 0.15) is 43.8 Å². The van der Waals surface area contributed by atoms with E-state index in [1.807, 2.05) is 80.8 Å². The minimum atomic E-state index is -0.321. The van der Waals surface area contributed by atoms with Gasteiger partial charge in [-0.3, -0.25) is 9.59 Å². The van der Waals surface area contributed by atoms with Gasteiger partial charge in [-0.05, 0) is 51.0 Å². The van der Waals surface area contributed by atoms with Crippen LogP contribution in [0.15, 0.2) is 48.5 Å². The maximum absolute atomic E-state index is 12.8. The lowest BCUT2D eigenvalue weighted by Crippen LogP contribution is -2.35. The lowest BCUT2D eigenvalue weighted by molar-refractivity contribution is -0.131. The standard InChI is InChI=1S/C24H30N4O2/c1-5-27(6-2)23(30)16-28-21-14-10-9-13-20(21)26-24(28)18(4)25-22(29)15-19-12-8-7-11-17(19)3/h7-14,18H,5-6,15-16H2,1-4H3,(H,25,29). The van der Waals surface area contributed by atoms with Crippen molar-refractivity contribution in [1.29, 1.82) is 0 Å². The molecule has 2 amide bonds. The molecule has 0 saturated heterocycles. The van der Waals surface area contributed by atoms with Crippen molar-refractivity contribution in [3.63, 3.8) is 0 Å². The molecule has 1 atom stereocenters. The number of imidazole rings is 1. The first-order valence-electron chi connectivity index (χ1n) is 10.5. The summed E-state index contributed by atoms with van der Waals surface area (Å²) in [5, 5.41) is 3.06. The van der Waals surface area contributed by atoms with Crippen LogP contribution < -0.4 is 5.32 Å². The molecule has 0 aliphatic rings. The Balaban J connectivity index is 1.84. The number of benzene rings is 2. The van der Waals surface area contributed by atoms with E-state index in [4.69, 9.17) is 4.98 Å². The van der Waals surface area contributed by atoms with Gasteiger partial charge in [-0.2, -0.15) is 0 Å². The summed E-state index contributed by atoms with van der Waals surface area (Å²) in [7, 11) is 0. The fraction of sp³-hybridized carbons (Fsp3) is 0.375. The summed E-state index contributed by atoms with van der Waals surface area (Å²) in [6.07, 6.45) is 0.315. The Hall–Kier alpha value is -3.15. The fourth-order valence-electron chi connectivity index (χ4n) is 3.74. The van der Waals surface area contributed by atoms with E-state index in [0.717, 1.165) is 22.2 Å². The molecule has 3 rings (SSSR count). The maximum Gasteiger partial charge on any atom is 0.242 e. The Morgan fingerprint density at radius 3 is 2.43 bits per heavy atom. The van der Waals surface area contributed by atoms with Gasteiger partial charge in [-0.25, -0.2) is 4.98 Å². The number of amides is 2. The predicted molar refractivity (Wildman–Crippen MR) is 119 cm³/mol. The van der Waals surface area contributed by atoms with Gasteiger partial charge in [0.2, 0.25) is 11.8 Å². The first kappa shape index (κ1) is 21.6. The minimum Gasteiger partial charge on any atom is -0.346 e. The third-order valence-electron chi connectivity index (χ3n) is 5.47. The summed E-state index contributed by atoms with van der Waals surface area (Å²) < 4.78 is 1.93. The molecule has 30 heavy (non-hydrogen) atoms. The first-order chi connectivity index (χ1) is 14.4. The smallest absolute Gasteiger partial charge is 0.242 e. The van der Waals surface area contributed by atoms with E-state index in [0.29, 0.717) is 25.3 Å². The Labute approximate surface area is 177 Å². The van der Waals surface area contributed by atoms with Gasteiger partial charge in [0, 0.05) is 13.1 Å². The minimum absolute atomic E-state index is 0.0443. The van der Waals surface area contributed by atoms with Gasteiger partial charge in [-0.15, -0.1) is 0 Å². The van der Waals surface area contributed by atoms with Crippen LogP contribution in [0.3, 0.4) is 0 Å². The molecule has 6 heteroatoms. The van der Waals surface area contributed by atoms with Crippen molar-refractivity contribution in [2.24, 2.45) is 0 Å². The van der Waals surface area contributed by atoms with Crippen LogP contribution in [0.4, 0.5) is 0 Å². The van der Waals surface area contributed by atoms with Crippen LogP contribution in [-0.2, 0) is 22.6 Å². The number of carbonyl (C=O) groups excluding carboxylic acids is 2. The monoisotopic (exact) mass is 406 g/mol. The van der Waals surface area contributed by atoms with E-state index in [2.05, 4.69) is 5.32 Å². The summed E-state index contributed by atoms with van der Waals surface area (Å²) in [6, 6.07) is 15.3. The lowest BCUT2D eigenvalue weighted by Gasteiger charge is -2.21. The fourth-order valence-corrected chi connectivity index (χ4v) is 3.74. The predicted octanol–water partition coefficient (Wildman–Crippen LogP) is 3.63. The molecule has 2 aromatic carbocycles. The highest BCUT2D eigenvalue weighted by Crippen LogP contribution is 2.21. The number of nitrogens with one attached hydrogen (secondary N) is 1. The van der Waals surface area contributed by atoms with E-state index in [1.165, 1.54) is 0 Å². The molecule has 1 heterocycles. The molecule has 0 fully saturated rings. The maximum atomic E-state index is 12.8. The number of para-hydroxylation sites is 2. The number of hydrogen-bond acceptors (Lipinski definition) is 3. The van der Waals surface area contributed by atoms with Crippen LogP contribution >= 0.6 is 0 Å². The molecule has 0 aliphatic carbocycles. The molecule has 0 aliphatic heterocycles. The molecule has 6 nitrogen and oxygen atoms in total. The second kappa shape index (κ2) is 9.57. The van der Waals surface area contributed by atoms with Gasteiger partial charge < -0.3 is 14.8 Å². The highest BCUT2D eigenvalue weighted by atomic mass is 16.2. The summed E-state index contributed by atoms with van der Waals surface area (Å²) >= 11 is 0. The van der Waals surface area contributed by atoms with Gasteiger partial charge in [0.25, 0.3) is 0 Å². The molecule has 0 bridgehead atoms. The molecule has 0 radical (unpaired) electrons. The van der Waals surface area contributed by atoms with Crippen LogP contribution in [0, 0.1) is 6.92 Å². The summed E-state index contributed by atoms with van der Waals surface area (Å²) in [5.74, 6) is 0.670. The van der Waals surface area contributed by atoms with Crippen LogP contribution in [0.2, 0.25) is 0 Å². The van der Waals surface area contributed by atoms with Gasteiger partial charge in [0.05, 0.1) is 23.5 Å². The van der Waals surface area contributed by atoms with Crippen LogP contribution in [0.5, 0.6) is 0 Å². The molecule has 3 aromatic rings. The number of aryl methyl sites for hydroxylation is 1. The average Bonchev–Trinajstić information content (AvgIpc) is 3.09. The van der Waals surface area contributed by atoms with Crippen molar-refractivity contribution in [2.75, 3.05) is 13.1 Å². The second-order valence-electron chi connectivity index (χ2n) is 7.50. The van der Waals surface area contributed by atoms with Crippen molar-refractivity contribution >= 4 is 22.8 Å². The molecule has 158 valence electrons. The van der Waals surface area contributed by atoms with Crippen LogP contribution in [0.25, 0.3) is 11.0 Å². The van der Waals surface area contributed by atoms with E-state index in [1.54, 1.807) is 4.90 Å². The summed E-state index contributed by atoms with van der Waals surface area (Å²) in [4.78, 5) is 32.0. The first-order valence-corrected chi connectivity index (χ1v) is 10.5. The lowest BCUT2D eigenvalue weighted by atomic mass is 10.1. The summed E-state index contributed by atoms with van der Waals surface area (Å²) in [6.45, 7) is 9.40. The number of hydrogen-bond donors (Lipinski definition) is 1. The van der Waals surface area contributed by atoms with Crippen molar-refractivity contribution in [1.82, 2.24) is 19.8 Å². The molecule has 0 saturated carbocycles. The zero-order chi connectivity index (χ0) is 21.7. The zero-order valence-corrected chi connectivity index (χ0v) is 18.2. The Morgan fingerprint density at radius 2 is 1.73 bits per heavy atom. The average molecular weight is 407 g/mol. The molecule has 1 unspecified atom stereocenters. The van der Waals surface area contributed by atoms with Gasteiger partial charge >= 0.3 is 0 Å². The highest BCUT2D eigenvalue weighted by Gasteiger charge is 2.21. The van der Waals surface area contributed by atoms with E-state index in [-0.39, 0.29) is 24.4 Å². The zero-order valence-electron chi connectivity index (χ0n) is 18.2. The van der Waals surface area contributed by atoms with Crippen molar-refractivity contribution in [3.8, 4) is 0 Å². The third kappa shape index (κ3) is 4.70. The van der Waals surface area contributed by atoms with Crippen molar-refractivity contribution in [2.45, 2.75) is 46.7 Å². The SMILES string of the molecule is CCN(CC)C(=O)Cn1c(C(C)NC(=O)Cc2ccccc2C)nc2ccccc21. The highest BCUT2D eigenvalue weighted by molar-refractivity contribution is 5.82. The Bertz CT molecular complexity index is 1040. The number of nitrogens with zero attached hydrogens (tertiary/aromatic N) is 3. The van der Waals surface area contributed by atoms with Gasteiger partial charge in [0.15, 0.2) is 0 Å². The van der Waals surface area contributed by atoms with Crippen molar-refractivity contribution in [3.05, 3.63) is 65.5 Å². The molecule has 0 spiro atoms. The molecular weight excluding hydrogens is 376 g/mol.